The lowest BCUT2D eigenvalue weighted by Gasteiger charge is -2.27. The summed E-state index contributed by atoms with van der Waals surface area (Å²) in [5.74, 6) is -0.0328. The number of aromatic nitrogens is 4. The molecule has 4 rings (SSSR count). The first-order chi connectivity index (χ1) is 14.0. The van der Waals surface area contributed by atoms with Crippen LogP contribution in [0.3, 0.4) is 0 Å². The maximum absolute atomic E-state index is 10.8. The van der Waals surface area contributed by atoms with Gasteiger partial charge in [0.2, 0.25) is 5.95 Å². The highest BCUT2D eigenvalue weighted by Crippen LogP contribution is 2.84. The zero-order valence-corrected chi connectivity index (χ0v) is 19.0. The molecule has 2 saturated heterocycles. The molecule has 0 bridgehead atoms. The van der Waals surface area contributed by atoms with Crippen molar-refractivity contribution < 1.29 is 24.4 Å². The quantitative estimate of drug-likeness (QED) is 0.374. The minimum atomic E-state index is -2.45. The summed E-state index contributed by atoms with van der Waals surface area (Å²) in [5, 5.41) is 21.4. The summed E-state index contributed by atoms with van der Waals surface area (Å²) in [6, 6.07) is 0. The molecule has 7 atom stereocenters. The van der Waals surface area contributed by atoms with E-state index >= 15 is 0 Å². The van der Waals surface area contributed by atoms with E-state index in [-0.39, 0.29) is 28.8 Å². The van der Waals surface area contributed by atoms with Crippen molar-refractivity contribution in [2.24, 2.45) is 0 Å². The number of hydrogen-bond donors (Lipinski definition) is 4. The van der Waals surface area contributed by atoms with Crippen molar-refractivity contribution in [2.75, 3.05) is 5.73 Å². The van der Waals surface area contributed by atoms with Gasteiger partial charge >= 0.3 is 0 Å². The Bertz CT molecular complexity index is 960. The zero-order valence-electron chi connectivity index (χ0n) is 17.3. The van der Waals surface area contributed by atoms with Gasteiger partial charge in [0.05, 0.1) is 12.4 Å². The molecule has 4 unspecified atom stereocenters. The third-order valence-corrected chi connectivity index (χ3v) is 10.0. The average molecular weight is 461 g/mol. The Morgan fingerprint density at radius 3 is 2.67 bits per heavy atom. The monoisotopic (exact) mass is 460 g/mol. The van der Waals surface area contributed by atoms with Crippen molar-refractivity contribution in [1.82, 2.24) is 19.5 Å². The molecule has 2 aliphatic heterocycles. The summed E-state index contributed by atoms with van der Waals surface area (Å²) in [7, 11) is -2.45. The minimum absolute atomic E-state index is 0.0328. The number of hydrogen-bond acceptors (Lipinski definition) is 9. The summed E-state index contributed by atoms with van der Waals surface area (Å²) in [6.07, 6.45) is -1.45. The lowest BCUT2D eigenvalue weighted by molar-refractivity contribution is -0.0589. The summed E-state index contributed by atoms with van der Waals surface area (Å²) in [6.45, 7) is 7.76. The smallest absolute Gasteiger partial charge is 0.285 e. The summed E-state index contributed by atoms with van der Waals surface area (Å²) >= 11 is 6.07. The number of ether oxygens (including phenoxy) is 1. The van der Waals surface area contributed by atoms with Gasteiger partial charge in [0.1, 0.15) is 23.3 Å². The third-order valence-electron chi connectivity index (χ3n) is 6.04. The van der Waals surface area contributed by atoms with Crippen molar-refractivity contribution in [3.8, 4) is 0 Å². The minimum Gasteiger partial charge on any atom is -0.388 e. The van der Waals surface area contributed by atoms with E-state index in [1.165, 1.54) is 10.9 Å². The van der Waals surface area contributed by atoms with Crippen LogP contribution < -0.4 is 5.73 Å². The Morgan fingerprint density at radius 2 is 2.03 bits per heavy atom. The van der Waals surface area contributed by atoms with Crippen LogP contribution in [0.1, 0.15) is 46.8 Å². The topological polar surface area (TPSA) is 149 Å². The molecule has 0 spiro atoms. The fourth-order valence-electron chi connectivity index (χ4n) is 4.41. The van der Waals surface area contributed by atoms with Crippen LogP contribution in [0, 0.1) is 0 Å². The van der Waals surface area contributed by atoms with E-state index in [4.69, 9.17) is 26.6 Å². The van der Waals surface area contributed by atoms with Crippen molar-refractivity contribution >= 4 is 36.4 Å². The van der Waals surface area contributed by atoms with Crippen LogP contribution in [0.2, 0.25) is 5.15 Å². The second-order valence-electron chi connectivity index (χ2n) is 8.69. The van der Waals surface area contributed by atoms with Gasteiger partial charge in [-0.1, -0.05) is 18.5 Å². The van der Waals surface area contributed by atoms with E-state index in [9.17, 15) is 15.1 Å². The standard InChI is InChI=1S/C18H28ClN5O5P/c1-5-10-8(2)30(10,27)29-18(3,4)6-9-12(25)13(26)16(28-9)24-7-21-11-14(19)22-17(20)23-15(11)24/h7-10,12-13,16,25-27H,5-6H2,1-4H3,(H2,20,22,23)/q+1/t8?,9-,10?,12-,13-,16?,30?/m1/s1. The normalized spacial score (nSPS) is 36.5. The first-order valence-corrected chi connectivity index (χ1v) is 12.1. The van der Waals surface area contributed by atoms with Gasteiger partial charge in [-0.2, -0.15) is 9.97 Å². The number of aliphatic hydroxyl groups excluding tert-OH is 2. The van der Waals surface area contributed by atoms with Crippen LogP contribution in [0.15, 0.2) is 6.33 Å². The third kappa shape index (κ3) is 3.58. The van der Waals surface area contributed by atoms with Crippen LogP contribution in [0.25, 0.3) is 11.2 Å². The van der Waals surface area contributed by atoms with Gasteiger partial charge in [0, 0.05) is 6.42 Å². The van der Waals surface area contributed by atoms with E-state index in [1.54, 1.807) is 0 Å². The van der Waals surface area contributed by atoms with E-state index in [2.05, 4.69) is 15.0 Å². The molecule has 30 heavy (non-hydrogen) atoms. The Balaban J connectivity index is 1.53. The number of imidazole rings is 1. The predicted octanol–water partition coefficient (Wildman–Crippen LogP) is 1.89. The second kappa shape index (κ2) is 7.48. The molecule has 2 aromatic rings. The van der Waals surface area contributed by atoms with Crippen LogP contribution in [0.5, 0.6) is 0 Å². The second-order valence-corrected chi connectivity index (χ2v) is 12.1. The molecular formula is C18H28ClN5O5P+. The van der Waals surface area contributed by atoms with Gasteiger partial charge in [-0.05, 0) is 27.2 Å². The van der Waals surface area contributed by atoms with Gasteiger partial charge < -0.3 is 20.7 Å². The Morgan fingerprint density at radius 1 is 1.33 bits per heavy atom. The molecule has 2 aromatic heterocycles. The lowest BCUT2D eigenvalue weighted by atomic mass is 9.97. The van der Waals surface area contributed by atoms with Crippen LogP contribution >= 0.6 is 19.3 Å². The molecule has 166 valence electrons. The fraction of sp³-hybridized carbons (Fsp3) is 0.722. The van der Waals surface area contributed by atoms with E-state index in [1.807, 2.05) is 27.7 Å². The number of nitrogens with zero attached hydrogens (tertiary/aromatic N) is 4. The lowest BCUT2D eigenvalue weighted by Crippen LogP contribution is -2.37. The molecule has 2 fully saturated rings. The maximum Gasteiger partial charge on any atom is 0.285 e. The highest BCUT2D eigenvalue weighted by Gasteiger charge is 2.75. The molecule has 2 aliphatic rings. The summed E-state index contributed by atoms with van der Waals surface area (Å²) in [4.78, 5) is 23.0. The Kier molecular flexibility index (Phi) is 5.50. The number of anilines is 1. The van der Waals surface area contributed by atoms with Crippen molar-refractivity contribution in [3.05, 3.63) is 11.5 Å². The van der Waals surface area contributed by atoms with Crippen molar-refractivity contribution in [3.63, 3.8) is 0 Å². The van der Waals surface area contributed by atoms with Crippen LogP contribution in [-0.2, 0) is 9.26 Å². The van der Waals surface area contributed by atoms with Crippen molar-refractivity contribution in [2.45, 2.75) is 82.0 Å². The molecule has 12 heteroatoms. The fourth-order valence-corrected chi connectivity index (χ4v) is 7.93. The molecule has 10 nitrogen and oxygen atoms in total. The van der Waals surface area contributed by atoms with E-state index in [0.717, 1.165) is 6.42 Å². The van der Waals surface area contributed by atoms with Crippen LogP contribution in [-0.4, -0.2) is 69.9 Å². The summed E-state index contributed by atoms with van der Waals surface area (Å²) < 4.78 is 13.6. The van der Waals surface area contributed by atoms with Gasteiger partial charge in [-0.3, -0.25) is 4.57 Å². The van der Waals surface area contributed by atoms with Crippen LogP contribution in [0.4, 0.5) is 5.95 Å². The van der Waals surface area contributed by atoms with Gasteiger partial charge in [0.25, 0.3) is 7.72 Å². The molecule has 0 aromatic carbocycles. The van der Waals surface area contributed by atoms with E-state index < -0.39 is 37.9 Å². The predicted molar refractivity (Wildman–Crippen MR) is 113 cm³/mol. The molecule has 4 heterocycles. The zero-order chi connectivity index (χ0) is 22.0. The summed E-state index contributed by atoms with van der Waals surface area (Å²) in [5.41, 5.74) is 5.91. The maximum atomic E-state index is 10.8. The highest BCUT2D eigenvalue weighted by molar-refractivity contribution is 7.74. The number of nitrogen functional groups attached to an aromatic ring is 1. The number of rotatable bonds is 6. The molecule has 5 N–H and O–H groups in total. The molecule has 0 amide bonds. The molecular weight excluding hydrogens is 433 g/mol. The number of aliphatic hydroxyl groups is 2. The highest BCUT2D eigenvalue weighted by atomic mass is 35.5. The largest absolute Gasteiger partial charge is 0.388 e. The molecule has 0 saturated carbocycles. The Labute approximate surface area is 179 Å². The number of fused-ring (bicyclic) bond motifs is 1. The Hall–Kier alpha value is -1.13. The van der Waals surface area contributed by atoms with Gasteiger partial charge in [-0.25, -0.2) is 14.4 Å². The number of nitrogens with two attached hydrogens (primary N) is 1. The first kappa shape index (κ1) is 22.1. The molecule has 0 aliphatic carbocycles. The van der Waals surface area contributed by atoms with E-state index in [0.29, 0.717) is 11.2 Å². The SMILES string of the molecule is CCC1C(C)[P+]1(O)OC(C)(C)C[C@H]1OC(n2cnc3c(Cl)nc(N)nc32)[C@H](O)[C@@H]1O. The first-order valence-electron chi connectivity index (χ1n) is 9.97. The average Bonchev–Trinajstić information content (AvgIpc) is 2.94. The van der Waals surface area contributed by atoms with Crippen molar-refractivity contribution in [1.29, 1.82) is 0 Å². The molecule has 0 radical (unpaired) electrons. The van der Waals surface area contributed by atoms with Gasteiger partial charge in [0.15, 0.2) is 28.3 Å². The number of halogens is 1. The van der Waals surface area contributed by atoms with Gasteiger partial charge in [-0.15, -0.1) is 0 Å².